The van der Waals surface area contributed by atoms with Gasteiger partial charge in [-0.3, -0.25) is 14.9 Å². The third-order valence-corrected chi connectivity index (χ3v) is 8.23. The molecule has 0 spiro atoms. The maximum Gasteiger partial charge on any atom is 0.311 e. The van der Waals surface area contributed by atoms with Gasteiger partial charge in [0.05, 0.1) is 4.92 Å². The van der Waals surface area contributed by atoms with Crippen molar-refractivity contribution < 1.29 is 9.72 Å². The summed E-state index contributed by atoms with van der Waals surface area (Å²) in [6.07, 6.45) is 7.60. The summed E-state index contributed by atoms with van der Waals surface area (Å²) < 4.78 is 1.99. The molecule has 1 aromatic carbocycles. The second-order valence-corrected chi connectivity index (χ2v) is 11.1. The fourth-order valence-corrected chi connectivity index (χ4v) is 6.26. The minimum atomic E-state index is -0.539. The number of nitrogens with two attached hydrogens (primary N) is 1. The van der Waals surface area contributed by atoms with Crippen LogP contribution < -0.4 is 11.9 Å². The molecule has 1 amide bonds. The van der Waals surface area contributed by atoms with Crippen molar-refractivity contribution in [2.45, 2.75) is 51.1 Å². The molecule has 0 bridgehead atoms. The van der Waals surface area contributed by atoms with E-state index in [-0.39, 0.29) is 29.6 Å². The first-order chi connectivity index (χ1) is 18.8. The Morgan fingerprint density at radius 1 is 1.07 bits per heavy atom. The lowest BCUT2D eigenvalue weighted by atomic mass is 10.0. The van der Waals surface area contributed by atoms with Crippen LogP contribution in [0.2, 0.25) is 10.0 Å². The largest absolute Gasteiger partial charge is 0.378 e. The molecule has 0 radical (unpaired) electrons. The molecule has 214 valence electrons. The molecule has 0 aliphatic carbocycles. The smallest absolute Gasteiger partial charge is 0.311 e. The summed E-state index contributed by atoms with van der Waals surface area (Å²) in [5, 5.41) is 12.1. The standard InChI is InChI=1S/C28H32Cl2N6O3.H3N/c29-19-7-9-22(24(30)17-19)23-11-16-34(14-3-5-20-8-10-25(36(38)39)27(31)32-20)26(23)28(37)35-15-4-6-21(35)18-33-12-1-2-13-33;/h7-11,16-17,21H,1-6,12-15,18H2,(H2,31,32);1H3/t21-;/m0./s1. The fraction of sp³-hybridized carbons (Fsp3) is 0.429. The molecule has 2 aromatic heterocycles. The highest BCUT2D eigenvalue weighted by Gasteiger charge is 2.34. The number of hydrogen-bond donors (Lipinski definition) is 2. The zero-order valence-corrected chi connectivity index (χ0v) is 23.9. The Kier molecular flexibility index (Phi) is 9.68. The number of anilines is 1. The Morgan fingerprint density at radius 2 is 1.85 bits per heavy atom. The molecule has 10 nitrogen and oxygen atoms in total. The van der Waals surface area contributed by atoms with Crippen LogP contribution in [0.25, 0.3) is 11.1 Å². The van der Waals surface area contributed by atoms with E-state index in [2.05, 4.69) is 9.88 Å². The van der Waals surface area contributed by atoms with E-state index in [1.165, 1.54) is 18.9 Å². The first-order valence-corrected chi connectivity index (χ1v) is 14.1. The van der Waals surface area contributed by atoms with Crippen molar-refractivity contribution in [3.05, 3.63) is 74.1 Å². The maximum absolute atomic E-state index is 14.2. The quantitative estimate of drug-likeness (QED) is 0.236. The van der Waals surface area contributed by atoms with E-state index in [1.54, 1.807) is 18.2 Å². The van der Waals surface area contributed by atoms with Crippen molar-refractivity contribution in [2.75, 3.05) is 31.9 Å². The summed E-state index contributed by atoms with van der Waals surface area (Å²) >= 11 is 12.8. The molecule has 12 heteroatoms. The second kappa shape index (κ2) is 13.0. The van der Waals surface area contributed by atoms with Crippen LogP contribution in [0, 0.1) is 10.1 Å². The number of carbonyl (C=O) groups is 1. The van der Waals surface area contributed by atoms with Gasteiger partial charge in [-0.2, -0.15) is 0 Å². The number of amides is 1. The number of aryl methyl sites for hydroxylation is 2. The molecule has 2 saturated heterocycles. The van der Waals surface area contributed by atoms with Gasteiger partial charge in [0.1, 0.15) is 5.69 Å². The minimum Gasteiger partial charge on any atom is -0.378 e. The summed E-state index contributed by atoms with van der Waals surface area (Å²) in [5.41, 5.74) is 8.41. The van der Waals surface area contributed by atoms with Crippen LogP contribution in [-0.4, -0.2) is 62.4 Å². The highest BCUT2D eigenvalue weighted by molar-refractivity contribution is 6.36. The Balaban J connectivity index is 0.00000370. The molecule has 2 fully saturated rings. The van der Waals surface area contributed by atoms with E-state index in [1.807, 2.05) is 27.8 Å². The van der Waals surface area contributed by atoms with Gasteiger partial charge in [-0.05, 0) is 75.9 Å². The van der Waals surface area contributed by atoms with E-state index >= 15 is 0 Å². The third-order valence-electron chi connectivity index (χ3n) is 7.68. The normalized spacial score (nSPS) is 17.2. The molecule has 0 unspecified atom stereocenters. The second-order valence-electron chi connectivity index (χ2n) is 10.3. The van der Waals surface area contributed by atoms with Gasteiger partial charge in [-0.1, -0.05) is 29.3 Å². The van der Waals surface area contributed by atoms with Crippen LogP contribution in [-0.2, 0) is 13.0 Å². The van der Waals surface area contributed by atoms with Crippen molar-refractivity contribution in [2.24, 2.45) is 0 Å². The third kappa shape index (κ3) is 6.41. The number of benzene rings is 1. The van der Waals surface area contributed by atoms with Crippen LogP contribution in [0.1, 0.15) is 48.3 Å². The van der Waals surface area contributed by atoms with Gasteiger partial charge in [0.2, 0.25) is 5.82 Å². The van der Waals surface area contributed by atoms with Crippen molar-refractivity contribution in [1.82, 2.24) is 25.5 Å². The molecule has 5 rings (SSSR count). The summed E-state index contributed by atoms with van der Waals surface area (Å²) in [5.74, 6) is -0.0764. The summed E-state index contributed by atoms with van der Waals surface area (Å²) in [6, 6.07) is 10.5. The van der Waals surface area contributed by atoms with Gasteiger partial charge in [0, 0.05) is 64.8 Å². The lowest BCUT2D eigenvalue weighted by molar-refractivity contribution is -0.384. The summed E-state index contributed by atoms with van der Waals surface area (Å²) in [4.78, 5) is 33.4. The molecule has 4 heterocycles. The van der Waals surface area contributed by atoms with Crippen molar-refractivity contribution in [3.8, 4) is 11.1 Å². The molecular weight excluding hydrogens is 553 g/mol. The molecule has 40 heavy (non-hydrogen) atoms. The van der Waals surface area contributed by atoms with E-state index in [4.69, 9.17) is 28.9 Å². The lowest BCUT2D eigenvalue weighted by Crippen LogP contribution is -2.43. The number of halogens is 2. The average molecular weight is 589 g/mol. The van der Waals surface area contributed by atoms with Gasteiger partial charge < -0.3 is 26.3 Å². The van der Waals surface area contributed by atoms with Crippen molar-refractivity contribution in [3.63, 3.8) is 0 Å². The van der Waals surface area contributed by atoms with E-state index in [9.17, 15) is 14.9 Å². The minimum absolute atomic E-state index is 0. The first-order valence-electron chi connectivity index (χ1n) is 13.4. The van der Waals surface area contributed by atoms with Gasteiger partial charge in [0.25, 0.3) is 5.91 Å². The summed E-state index contributed by atoms with van der Waals surface area (Å²) in [6.45, 7) is 4.41. The van der Waals surface area contributed by atoms with Crippen LogP contribution >= 0.6 is 23.2 Å². The van der Waals surface area contributed by atoms with Gasteiger partial charge in [-0.15, -0.1) is 0 Å². The maximum atomic E-state index is 14.2. The number of hydrogen-bond acceptors (Lipinski definition) is 7. The Bertz CT molecular complexity index is 1370. The molecule has 2 aliphatic heterocycles. The first kappa shape index (κ1) is 29.8. The zero-order chi connectivity index (χ0) is 27.5. The Labute approximate surface area is 243 Å². The average Bonchev–Trinajstić information content (AvgIpc) is 3.66. The number of nitrogen functional groups attached to an aromatic ring is 1. The number of nitrogens with zero attached hydrogens (tertiary/aromatic N) is 5. The number of likely N-dealkylation sites (tertiary alicyclic amines) is 2. The predicted octanol–water partition coefficient (Wildman–Crippen LogP) is 5.84. The highest BCUT2D eigenvalue weighted by atomic mass is 35.5. The van der Waals surface area contributed by atoms with Gasteiger partial charge >= 0.3 is 5.69 Å². The highest BCUT2D eigenvalue weighted by Crippen LogP contribution is 2.35. The Morgan fingerprint density at radius 3 is 2.55 bits per heavy atom. The topological polar surface area (TPSA) is 146 Å². The Hall–Kier alpha value is -3.18. The van der Waals surface area contributed by atoms with Crippen LogP contribution in [0.5, 0.6) is 0 Å². The fourth-order valence-electron chi connectivity index (χ4n) is 5.75. The van der Waals surface area contributed by atoms with Crippen molar-refractivity contribution >= 4 is 40.6 Å². The molecule has 3 aromatic rings. The predicted molar refractivity (Wildman–Crippen MR) is 158 cm³/mol. The number of carbonyl (C=O) groups excluding carboxylic acids is 1. The number of pyridine rings is 1. The molecular formula is C28H35Cl2N7O3. The number of nitro groups is 1. The number of aromatic nitrogens is 2. The number of rotatable bonds is 9. The van der Waals surface area contributed by atoms with E-state index < -0.39 is 4.92 Å². The molecule has 5 N–H and O–H groups in total. The van der Waals surface area contributed by atoms with E-state index in [0.717, 1.165) is 50.1 Å². The van der Waals surface area contributed by atoms with Gasteiger partial charge in [0.15, 0.2) is 0 Å². The SMILES string of the molecule is N.Nc1nc(CCCn2ccc(-c3ccc(Cl)cc3Cl)c2C(=O)N2CCC[C@H]2CN2CCCC2)ccc1[N+](=O)[O-]. The monoisotopic (exact) mass is 587 g/mol. The van der Waals surface area contributed by atoms with Gasteiger partial charge in [-0.25, -0.2) is 4.98 Å². The zero-order valence-electron chi connectivity index (χ0n) is 22.4. The molecule has 2 aliphatic rings. The lowest BCUT2D eigenvalue weighted by Gasteiger charge is -2.29. The van der Waals surface area contributed by atoms with Crippen LogP contribution in [0.15, 0.2) is 42.6 Å². The van der Waals surface area contributed by atoms with Crippen molar-refractivity contribution in [1.29, 1.82) is 0 Å². The molecule has 1 atom stereocenters. The van der Waals surface area contributed by atoms with Crippen LogP contribution in [0.4, 0.5) is 11.5 Å². The van der Waals surface area contributed by atoms with Crippen LogP contribution in [0.3, 0.4) is 0 Å². The summed E-state index contributed by atoms with van der Waals surface area (Å²) in [7, 11) is 0. The van der Waals surface area contributed by atoms with E-state index in [0.29, 0.717) is 40.8 Å². The molecule has 0 saturated carbocycles.